The second-order valence-corrected chi connectivity index (χ2v) is 4.02. The average Bonchev–Trinajstić information content (AvgIpc) is 2.04. The summed E-state index contributed by atoms with van der Waals surface area (Å²) in [6.07, 6.45) is 6.10. The van der Waals surface area contributed by atoms with E-state index in [2.05, 4.69) is 17.0 Å². The van der Waals surface area contributed by atoms with Crippen LogP contribution in [0.1, 0.15) is 19.3 Å². The molecule has 60 valence electrons. The van der Waals surface area contributed by atoms with Crippen LogP contribution in [0.15, 0.2) is 11.8 Å². The zero-order valence-electron chi connectivity index (χ0n) is 6.66. The summed E-state index contributed by atoms with van der Waals surface area (Å²) in [7, 11) is 1.98. The smallest absolute Gasteiger partial charge is 0.194 e. The van der Waals surface area contributed by atoms with Crippen molar-refractivity contribution in [1.82, 2.24) is 0 Å². The quantitative estimate of drug-likeness (QED) is 0.506. The lowest BCUT2D eigenvalue weighted by Crippen LogP contribution is -2.19. The SMILES string of the molecule is C[N+]1=CSC2CCCC=C2[N-]1. The van der Waals surface area contributed by atoms with E-state index < -0.39 is 0 Å². The van der Waals surface area contributed by atoms with Gasteiger partial charge in [-0.2, -0.15) is 0 Å². The maximum absolute atomic E-state index is 4.42. The van der Waals surface area contributed by atoms with Crippen LogP contribution >= 0.6 is 11.8 Å². The van der Waals surface area contributed by atoms with Crippen LogP contribution in [0.4, 0.5) is 0 Å². The molecule has 0 spiro atoms. The van der Waals surface area contributed by atoms with Crippen LogP contribution in [0.5, 0.6) is 0 Å². The third-order valence-corrected chi connectivity index (χ3v) is 3.24. The molecule has 1 atom stereocenters. The van der Waals surface area contributed by atoms with Crippen molar-refractivity contribution in [2.75, 3.05) is 7.05 Å². The first kappa shape index (κ1) is 7.22. The van der Waals surface area contributed by atoms with Crippen LogP contribution < -0.4 is 0 Å². The van der Waals surface area contributed by atoms with Gasteiger partial charge in [0.1, 0.15) is 7.05 Å². The molecule has 0 bridgehead atoms. The molecule has 11 heavy (non-hydrogen) atoms. The minimum Gasteiger partial charge on any atom is -0.414 e. The van der Waals surface area contributed by atoms with E-state index >= 15 is 0 Å². The van der Waals surface area contributed by atoms with Crippen molar-refractivity contribution in [2.45, 2.75) is 24.5 Å². The summed E-state index contributed by atoms with van der Waals surface area (Å²) in [6, 6.07) is 0. The van der Waals surface area contributed by atoms with Gasteiger partial charge in [-0.3, -0.25) is 4.68 Å². The van der Waals surface area contributed by atoms with E-state index in [1.54, 1.807) is 0 Å². The number of thioether (sulfide) groups is 1. The van der Waals surface area contributed by atoms with Crippen LogP contribution in [-0.2, 0) is 0 Å². The van der Waals surface area contributed by atoms with Gasteiger partial charge < -0.3 is 5.43 Å². The van der Waals surface area contributed by atoms with Gasteiger partial charge >= 0.3 is 0 Å². The highest BCUT2D eigenvalue weighted by molar-refractivity contribution is 8.12. The summed E-state index contributed by atoms with van der Waals surface area (Å²) in [4.78, 5) is 0. The standard InChI is InChI=1S/C8H12N2S/c1-10-6-11-8-5-3-2-4-7(8)9-10/h4,6,8H,2-3,5H2,1H3. The molecular formula is C8H12N2S. The molecule has 1 aliphatic carbocycles. The van der Waals surface area contributed by atoms with Gasteiger partial charge in [0.05, 0.1) is 0 Å². The number of fused-ring (bicyclic) bond motifs is 1. The Morgan fingerprint density at radius 3 is 3.55 bits per heavy atom. The van der Waals surface area contributed by atoms with Gasteiger partial charge in [0.25, 0.3) is 0 Å². The normalized spacial score (nSPS) is 29.7. The Balaban J connectivity index is 2.18. The second kappa shape index (κ2) is 2.89. The molecule has 0 radical (unpaired) electrons. The van der Waals surface area contributed by atoms with Crippen molar-refractivity contribution in [1.29, 1.82) is 0 Å². The lowest BCUT2D eigenvalue weighted by atomic mass is 10.0. The molecule has 2 nitrogen and oxygen atoms in total. The molecule has 0 aromatic heterocycles. The molecule has 0 amide bonds. The minimum atomic E-state index is 0.653. The molecule has 0 saturated carbocycles. The van der Waals surface area contributed by atoms with Gasteiger partial charge in [-0.15, -0.1) is 0 Å². The summed E-state index contributed by atoms with van der Waals surface area (Å²) in [5, 5.41) is 0.653. The minimum absolute atomic E-state index is 0.653. The summed E-state index contributed by atoms with van der Waals surface area (Å²) in [5.74, 6) is 0. The largest absolute Gasteiger partial charge is 0.414 e. The molecule has 1 unspecified atom stereocenters. The Bertz CT molecular complexity index is 220. The van der Waals surface area contributed by atoms with Crippen molar-refractivity contribution in [3.8, 4) is 0 Å². The molecule has 1 aliphatic heterocycles. The van der Waals surface area contributed by atoms with E-state index in [1.807, 2.05) is 23.5 Å². The van der Waals surface area contributed by atoms with Crippen LogP contribution in [-0.4, -0.2) is 22.5 Å². The molecule has 0 aromatic rings. The van der Waals surface area contributed by atoms with E-state index in [0.717, 1.165) is 0 Å². The molecule has 0 fully saturated rings. The van der Waals surface area contributed by atoms with Gasteiger partial charge in [-0.05, 0) is 19.3 Å². The van der Waals surface area contributed by atoms with E-state index in [-0.39, 0.29) is 0 Å². The van der Waals surface area contributed by atoms with E-state index in [4.69, 9.17) is 0 Å². The zero-order chi connectivity index (χ0) is 7.68. The van der Waals surface area contributed by atoms with Gasteiger partial charge in [-0.1, -0.05) is 23.5 Å². The van der Waals surface area contributed by atoms with Crippen molar-refractivity contribution in [3.63, 3.8) is 0 Å². The van der Waals surface area contributed by atoms with Crippen LogP contribution in [0.2, 0.25) is 0 Å². The van der Waals surface area contributed by atoms with E-state index in [0.29, 0.717) is 5.25 Å². The molecule has 0 N–H and O–H groups in total. The monoisotopic (exact) mass is 168 g/mol. The first-order valence-electron chi connectivity index (χ1n) is 3.99. The Labute approximate surface area is 71.3 Å². The van der Waals surface area contributed by atoms with E-state index in [1.165, 1.54) is 25.0 Å². The van der Waals surface area contributed by atoms with Crippen molar-refractivity contribution in [2.24, 2.45) is 0 Å². The topological polar surface area (TPSA) is 17.1 Å². The Morgan fingerprint density at radius 1 is 1.73 bits per heavy atom. The zero-order valence-corrected chi connectivity index (χ0v) is 7.47. The first-order valence-corrected chi connectivity index (χ1v) is 4.94. The number of rotatable bonds is 0. The van der Waals surface area contributed by atoms with Gasteiger partial charge in [0.15, 0.2) is 5.55 Å². The molecule has 0 saturated heterocycles. The maximum Gasteiger partial charge on any atom is 0.194 e. The molecule has 0 aromatic carbocycles. The van der Waals surface area contributed by atoms with Gasteiger partial charge in [-0.25, -0.2) is 0 Å². The second-order valence-electron chi connectivity index (χ2n) is 2.96. The Morgan fingerprint density at radius 2 is 2.64 bits per heavy atom. The van der Waals surface area contributed by atoms with Crippen LogP contribution in [0.25, 0.3) is 5.43 Å². The summed E-state index contributed by atoms with van der Waals surface area (Å²) < 4.78 is 1.90. The Hall–Kier alpha value is -0.440. The maximum atomic E-state index is 4.42. The Kier molecular flexibility index (Phi) is 1.90. The summed E-state index contributed by atoms with van der Waals surface area (Å²) in [6.45, 7) is 0. The number of allylic oxidation sites excluding steroid dienone is 1. The van der Waals surface area contributed by atoms with E-state index in [9.17, 15) is 0 Å². The molecule has 2 rings (SSSR count). The number of nitrogens with zero attached hydrogens (tertiary/aromatic N) is 2. The highest BCUT2D eigenvalue weighted by Gasteiger charge is 2.17. The third kappa shape index (κ3) is 1.43. The fraction of sp³-hybridized carbons (Fsp3) is 0.625. The fourth-order valence-electron chi connectivity index (χ4n) is 1.44. The predicted molar refractivity (Wildman–Crippen MR) is 48.9 cm³/mol. The third-order valence-electron chi connectivity index (χ3n) is 2.00. The average molecular weight is 168 g/mol. The van der Waals surface area contributed by atoms with Gasteiger partial charge in [0.2, 0.25) is 0 Å². The molecular weight excluding hydrogens is 156 g/mol. The highest BCUT2D eigenvalue weighted by Crippen LogP contribution is 2.33. The predicted octanol–water partition coefficient (Wildman–Crippen LogP) is 2.13. The number of hydrogen-bond acceptors (Lipinski definition) is 1. The van der Waals surface area contributed by atoms with Crippen LogP contribution in [0.3, 0.4) is 0 Å². The lowest BCUT2D eigenvalue weighted by Gasteiger charge is -2.32. The highest BCUT2D eigenvalue weighted by atomic mass is 32.2. The van der Waals surface area contributed by atoms with Crippen molar-refractivity contribution in [3.05, 3.63) is 17.2 Å². The van der Waals surface area contributed by atoms with Crippen molar-refractivity contribution < 1.29 is 4.68 Å². The summed E-state index contributed by atoms with van der Waals surface area (Å²) >= 11 is 1.89. The fourth-order valence-corrected chi connectivity index (χ4v) is 2.40. The van der Waals surface area contributed by atoms with Crippen LogP contribution in [0, 0.1) is 0 Å². The van der Waals surface area contributed by atoms with Gasteiger partial charge in [0, 0.05) is 5.25 Å². The number of hydrogen-bond donors (Lipinski definition) is 0. The first-order chi connectivity index (χ1) is 5.36. The molecule has 2 aliphatic rings. The lowest BCUT2D eigenvalue weighted by molar-refractivity contribution is -0.434. The molecule has 3 heteroatoms. The summed E-state index contributed by atoms with van der Waals surface area (Å²) in [5.41, 5.74) is 7.80. The molecule has 1 heterocycles. The van der Waals surface area contributed by atoms with Crippen molar-refractivity contribution >= 4 is 17.3 Å².